The summed E-state index contributed by atoms with van der Waals surface area (Å²) >= 11 is 0. The van der Waals surface area contributed by atoms with E-state index in [-0.39, 0.29) is 29.0 Å². The molecule has 1 atom stereocenters. The Bertz CT molecular complexity index is 573. The molecule has 0 aromatic carbocycles. The first kappa shape index (κ1) is 15.8. The molecule has 0 radical (unpaired) electrons. The molecule has 2 fully saturated rings. The molecule has 116 valence electrons. The lowest BCUT2D eigenvalue weighted by atomic mass is 10.2. The zero-order valence-electron chi connectivity index (χ0n) is 12.1. The number of rotatable bonds is 3. The standard InChI is InChI=1S/C13H20N4O3S/c1-16(12-2-7-21(19,20)10-12)9-11(8-14)13(18)17-5-3-15-4-6-17/h9,12,15H,2-7,10H2,1H3/b11-9-. The molecular formula is C13H20N4O3S. The van der Waals surface area contributed by atoms with Crippen molar-refractivity contribution in [1.82, 2.24) is 15.1 Å². The number of nitriles is 1. The fourth-order valence-electron chi connectivity index (χ4n) is 2.58. The SMILES string of the molecule is CN(/C=C(/C#N)C(=O)N1CCNCC1)C1CCS(=O)(=O)C1. The number of carbonyl (C=O) groups is 1. The molecule has 7 nitrogen and oxygen atoms in total. The van der Waals surface area contributed by atoms with Gasteiger partial charge in [0.15, 0.2) is 9.84 Å². The number of sulfone groups is 1. The molecule has 1 N–H and O–H groups in total. The minimum Gasteiger partial charge on any atom is -0.375 e. The highest BCUT2D eigenvalue weighted by Gasteiger charge is 2.30. The molecule has 1 unspecified atom stereocenters. The Hall–Kier alpha value is -1.59. The first-order chi connectivity index (χ1) is 9.93. The minimum absolute atomic E-state index is 0.0590. The number of hydrogen-bond acceptors (Lipinski definition) is 6. The Kier molecular flexibility index (Phi) is 4.85. The second-order valence-electron chi connectivity index (χ2n) is 5.42. The second kappa shape index (κ2) is 6.45. The van der Waals surface area contributed by atoms with E-state index in [2.05, 4.69) is 5.32 Å². The molecule has 0 aromatic rings. The number of hydrogen-bond donors (Lipinski definition) is 1. The normalized spacial score (nSPS) is 25.4. The lowest BCUT2D eigenvalue weighted by Crippen LogP contribution is -2.47. The molecule has 0 aromatic heterocycles. The summed E-state index contributed by atoms with van der Waals surface area (Å²) < 4.78 is 23.0. The highest BCUT2D eigenvalue weighted by Crippen LogP contribution is 2.17. The summed E-state index contributed by atoms with van der Waals surface area (Å²) in [6.07, 6.45) is 2.02. The van der Waals surface area contributed by atoms with E-state index >= 15 is 0 Å². The van der Waals surface area contributed by atoms with Gasteiger partial charge >= 0.3 is 0 Å². The van der Waals surface area contributed by atoms with Gasteiger partial charge in [-0.15, -0.1) is 0 Å². The lowest BCUT2D eigenvalue weighted by Gasteiger charge is -2.28. The second-order valence-corrected chi connectivity index (χ2v) is 7.65. The van der Waals surface area contributed by atoms with Crippen LogP contribution in [0.25, 0.3) is 0 Å². The largest absolute Gasteiger partial charge is 0.375 e. The molecular weight excluding hydrogens is 292 g/mol. The van der Waals surface area contributed by atoms with Gasteiger partial charge in [-0.25, -0.2) is 8.42 Å². The smallest absolute Gasteiger partial charge is 0.266 e. The number of nitrogens with one attached hydrogen (secondary N) is 1. The average molecular weight is 312 g/mol. The predicted octanol–water partition coefficient (Wildman–Crippen LogP) is -1.06. The van der Waals surface area contributed by atoms with Crippen molar-refractivity contribution in [3.05, 3.63) is 11.8 Å². The van der Waals surface area contributed by atoms with Gasteiger partial charge in [0.25, 0.3) is 5.91 Å². The van der Waals surface area contributed by atoms with Crippen LogP contribution < -0.4 is 5.32 Å². The van der Waals surface area contributed by atoms with E-state index in [9.17, 15) is 18.5 Å². The third-order valence-electron chi connectivity index (χ3n) is 3.87. The van der Waals surface area contributed by atoms with E-state index in [0.717, 1.165) is 13.1 Å². The summed E-state index contributed by atoms with van der Waals surface area (Å²) in [5, 5.41) is 12.3. The highest BCUT2D eigenvalue weighted by atomic mass is 32.2. The van der Waals surface area contributed by atoms with Gasteiger partial charge in [-0.1, -0.05) is 0 Å². The van der Waals surface area contributed by atoms with Gasteiger partial charge in [0.2, 0.25) is 0 Å². The molecule has 0 spiro atoms. The van der Waals surface area contributed by atoms with Crippen molar-refractivity contribution in [2.24, 2.45) is 0 Å². The van der Waals surface area contributed by atoms with Crippen molar-refractivity contribution in [3.8, 4) is 6.07 Å². The molecule has 2 aliphatic rings. The molecule has 2 aliphatic heterocycles. The summed E-state index contributed by atoms with van der Waals surface area (Å²) in [5.74, 6) is -0.0315. The van der Waals surface area contributed by atoms with E-state index in [4.69, 9.17) is 0 Å². The number of nitrogens with zero attached hydrogens (tertiary/aromatic N) is 3. The molecule has 0 aliphatic carbocycles. The number of piperazine rings is 1. The van der Waals surface area contributed by atoms with Crippen LogP contribution in [0.4, 0.5) is 0 Å². The van der Waals surface area contributed by atoms with Crippen LogP contribution in [0, 0.1) is 11.3 Å². The first-order valence-corrected chi connectivity index (χ1v) is 8.79. The van der Waals surface area contributed by atoms with E-state index in [1.165, 1.54) is 6.20 Å². The molecule has 0 saturated carbocycles. The summed E-state index contributed by atoms with van der Waals surface area (Å²) in [4.78, 5) is 15.6. The molecule has 21 heavy (non-hydrogen) atoms. The summed E-state index contributed by atoms with van der Waals surface area (Å²) in [6.45, 7) is 2.61. The van der Waals surface area contributed by atoms with Crippen LogP contribution in [-0.4, -0.2) is 74.9 Å². The van der Waals surface area contributed by atoms with E-state index in [1.54, 1.807) is 16.8 Å². The average Bonchev–Trinajstić information content (AvgIpc) is 2.85. The van der Waals surface area contributed by atoms with Gasteiger partial charge in [0.1, 0.15) is 11.6 Å². The Balaban J connectivity index is 2.06. The third kappa shape index (κ3) is 3.95. The van der Waals surface area contributed by atoms with Crippen LogP contribution in [0.1, 0.15) is 6.42 Å². The topological polar surface area (TPSA) is 93.5 Å². The summed E-state index contributed by atoms with van der Waals surface area (Å²) in [5.41, 5.74) is 0.0590. The molecule has 2 heterocycles. The van der Waals surface area contributed by atoms with Crippen LogP contribution in [0.5, 0.6) is 0 Å². The van der Waals surface area contributed by atoms with Gasteiger partial charge < -0.3 is 15.1 Å². The van der Waals surface area contributed by atoms with Crippen LogP contribution >= 0.6 is 0 Å². The van der Waals surface area contributed by atoms with E-state index < -0.39 is 9.84 Å². The van der Waals surface area contributed by atoms with E-state index in [0.29, 0.717) is 19.5 Å². The zero-order valence-corrected chi connectivity index (χ0v) is 12.9. The Morgan fingerprint density at radius 1 is 1.43 bits per heavy atom. The van der Waals surface area contributed by atoms with Crippen LogP contribution in [0.2, 0.25) is 0 Å². The maximum absolute atomic E-state index is 12.3. The third-order valence-corrected chi connectivity index (χ3v) is 5.62. The Labute approximate surface area is 125 Å². The van der Waals surface area contributed by atoms with Crippen LogP contribution in [-0.2, 0) is 14.6 Å². The van der Waals surface area contributed by atoms with Crippen molar-refractivity contribution in [1.29, 1.82) is 5.26 Å². The molecule has 2 rings (SSSR count). The minimum atomic E-state index is -2.98. The van der Waals surface area contributed by atoms with Crippen molar-refractivity contribution in [2.75, 3.05) is 44.7 Å². The van der Waals surface area contributed by atoms with E-state index in [1.807, 2.05) is 6.07 Å². The van der Waals surface area contributed by atoms with Gasteiger partial charge in [0.05, 0.1) is 11.5 Å². The van der Waals surface area contributed by atoms with Gasteiger partial charge in [0, 0.05) is 45.5 Å². The van der Waals surface area contributed by atoms with Gasteiger partial charge in [-0.3, -0.25) is 4.79 Å². The lowest BCUT2D eigenvalue weighted by molar-refractivity contribution is -0.127. The van der Waals surface area contributed by atoms with Gasteiger partial charge in [-0.05, 0) is 6.42 Å². The van der Waals surface area contributed by atoms with Crippen molar-refractivity contribution < 1.29 is 13.2 Å². The van der Waals surface area contributed by atoms with Crippen molar-refractivity contribution in [2.45, 2.75) is 12.5 Å². The van der Waals surface area contributed by atoms with Crippen LogP contribution in [0.3, 0.4) is 0 Å². The van der Waals surface area contributed by atoms with Crippen molar-refractivity contribution in [3.63, 3.8) is 0 Å². The van der Waals surface area contributed by atoms with Crippen molar-refractivity contribution >= 4 is 15.7 Å². The summed E-state index contributed by atoms with van der Waals surface area (Å²) in [6, 6.07) is 1.77. The summed E-state index contributed by atoms with van der Waals surface area (Å²) in [7, 11) is -1.27. The monoisotopic (exact) mass is 312 g/mol. The molecule has 1 amide bonds. The number of carbonyl (C=O) groups excluding carboxylic acids is 1. The number of amides is 1. The van der Waals surface area contributed by atoms with Gasteiger partial charge in [-0.2, -0.15) is 5.26 Å². The Morgan fingerprint density at radius 3 is 2.62 bits per heavy atom. The predicted molar refractivity (Wildman–Crippen MR) is 78.0 cm³/mol. The van der Waals surface area contributed by atoms with Crippen LogP contribution in [0.15, 0.2) is 11.8 Å². The first-order valence-electron chi connectivity index (χ1n) is 6.97. The fraction of sp³-hybridized carbons (Fsp3) is 0.692. The molecule has 8 heteroatoms. The highest BCUT2D eigenvalue weighted by molar-refractivity contribution is 7.91. The quantitative estimate of drug-likeness (QED) is 0.528. The fourth-order valence-corrected chi connectivity index (χ4v) is 4.36. The maximum atomic E-state index is 12.3. The molecule has 2 saturated heterocycles. The zero-order chi connectivity index (χ0) is 15.5. The maximum Gasteiger partial charge on any atom is 0.266 e. The molecule has 0 bridgehead atoms. The Morgan fingerprint density at radius 2 is 2.10 bits per heavy atom.